The summed E-state index contributed by atoms with van der Waals surface area (Å²) in [5.74, 6) is 0.966. The van der Waals surface area contributed by atoms with Crippen LogP contribution < -0.4 is 5.32 Å². The van der Waals surface area contributed by atoms with Crippen LogP contribution in [0.1, 0.15) is 48.5 Å². The minimum absolute atomic E-state index is 0.108. The molecule has 0 spiro atoms. The van der Waals surface area contributed by atoms with E-state index in [1.54, 1.807) is 0 Å². The lowest BCUT2D eigenvalue weighted by Crippen LogP contribution is -2.72. The maximum absolute atomic E-state index is 9.33. The number of nitrogens with zero attached hydrogens (tertiary/aromatic N) is 2. The molecule has 1 heterocycles. The summed E-state index contributed by atoms with van der Waals surface area (Å²) in [5.41, 5.74) is 0.248. The van der Waals surface area contributed by atoms with Gasteiger partial charge in [0, 0.05) is 36.1 Å². The molecule has 4 nitrogen and oxygen atoms in total. The van der Waals surface area contributed by atoms with E-state index in [0.29, 0.717) is 12.0 Å². The quantitative estimate of drug-likeness (QED) is 0.607. The molecule has 2 N–H and O–H groups in total. The van der Waals surface area contributed by atoms with Crippen LogP contribution in [0.2, 0.25) is 0 Å². The van der Waals surface area contributed by atoms with Gasteiger partial charge in [-0.15, -0.1) is 0 Å². The number of aliphatic hydroxyl groups is 1. The van der Waals surface area contributed by atoms with Gasteiger partial charge in [0.05, 0.1) is 6.54 Å². The zero-order valence-electron chi connectivity index (χ0n) is 13.7. The van der Waals surface area contributed by atoms with Crippen LogP contribution in [-0.4, -0.2) is 47.7 Å². The maximum Gasteiger partial charge on any atom is 0.194 e. The Morgan fingerprint density at radius 1 is 1.32 bits per heavy atom. The molecule has 0 unspecified atom stereocenters. The normalized spacial score (nSPS) is 22.1. The van der Waals surface area contributed by atoms with E-state index in [1.807, 2.05) is 13.8 Å². The Balaban J connectivity index is 2.83. The molecule has 0 atom stereocenters. The molecule has 0 aromatic rings. The topological polar surface area (TPSA) is 47.9 Å². The second kappa shape index (κ2) is 5.31. The van der Waals surface area contributed by atoms with Gasteiger partial charge in [0.2, 0.25) is 0 Å². The summed E-state index contributed by atoms with van der Waals surface area (Å²) in [6, 6.07) is 0. The van der Waals surface area contributed by atoms with E-state index in [1.165, 1.54) is 0 Å². The van der Waals surface area contributed by atoms with Crippen molar-refractivity contribution in [2.45, 2.75) is 54.0 Å². The number of likely N-dealkylation sites (tertiary alicyclic amines) is 1. The first-order chi connectivity index (χ1) is 8.57. The summed E-state index contributed by atoms with van der Waals surface area (Å²) in [7, 11) is 0. The highest BCUT2D eigenvalue weighted by Crippen LogP contribution is 2.46. The summed E-state index contributed by atoms with van der Waals surface area (Å²) in [4.78, 5) is 7.05. The Kier molecular flexibility index (Phi) is 4.55. The van der Waals surface area contributed by atoms with Gasteiger partial charge in [0.25, 0.3) is 0 Å². The van der Waals surface area contributed by atoms with E-state index in [4.69, 9.17) is 4.99 Å². The van der Waals surface area contributed by atoms with Crippen LogP contribution in [0.3, 0.4) is 0 Å². The molecule has 1 aliphatic rings. The Bertz CT molecular complexity index is 345. The van der Waals surface area contributed by atoms with Crippen molar-refractivity contribution >= 4 is 5.96 Å². The molecule has 19 heavy (non-hydrogen) atoms. The molecule has 0 amide bonds. The number of rotatable bonds is 4. The molecular weight excluding hydrogens is 238 g/mol. The Morgan fingerprint density at radius 3 is 2.26 bits per heavy atom. The zero-order valence-corrected chi connectivity index (χ0v) is 13.7. The molecule has 1 rings (SSSR count). The van der Waals surface area contributed by atoms with Crippen molar-refractivity contribution in [2.75, 3.05) is 26.2 Å². The number of guanidine groups is 1. The molecule has 0 saturated carbocycles. The molecule has 4 heteroatoms. The van der Waals surface area contributed by atoms with Crippen molar-refractivity contribution in [2.24, 2.45) is 15.8 Å². The number of hydrogen-bond acceptors (Lipinski definition) is 2. The lowest BCUT2D eigenvalue weighted by Gasteiger charge is -2.62. The highest BCUT2D eigenvalue weighted by molar-refractivity contribution is 5.82. The average Bonchev–Trinajstić information content (AvgIpc) is 2.32. The summed E-state index contributed by atoms with van der Waals surface area (Å²) in [6.07, 6.45) is 0. The van der Waals surface area contributed by atoms with Crippen LogP contribution in [-0.2, 0) is 0 Å². The van der Waals surface area contributed by atoms with Crippen molar-refractivity contribution in [3.63, 3.8) is 0 Å². The predicted molar refractivity (Wildman–Crippen MR) is 81.4 cm³/mol. The van der Waals surface area contributed by atoms with Crippen LogP contribution in [0.4, 0.5) is 0 Å². The molecule has 0 aliphatic carbocycles. The third-order valence-electron chi connectivity index (χ3n) is 4.56. The number of nitrogens with one attached hydrogen (secondary N) is 1. The first-order valence-electron chi connectivity index (χ1n) is 7.24. The largest absolute Gasteiger partial charge is 0.396 e. The summed E-state index contributed by atoms with van der Waals surface area (Å²) in [6.45, 7) is 18.0. The standard InChI is InChI=1S/C15H31N3O/c1-8-16-12(17-9-13(2,3)11-19)18-10-14(4,5)15(18,6)7/h19H,8-11H2,1-7H3,(H,16,17). The van der Waals surface area contributed by atoms with Crippen molar-refractivity contribution in [1.82, 2.24) is 10.2 Å². The molecule has 1 aliphatic heterocycles. The Hall–Kier alpha value is -0.770. The third kappa shape index (κ3) is 3.22. The summed E-state index contributed by atoms with van der Waals surface area (Å²) in [5, 5.41) is 12.7. The minimum atomic E-state index is -0.162. The lowest BCUT2D eigenvalue weighted by atomic mass is 9.65. The van der Waals surface area contributed by atoms with E-state index in [9.17, 15) is 5.11 Å². The van der Waals surface area contributed by atoms with Gasteiger partial charge in [-0.25, -0.2) is 0 Å². The first-order valence-corrected chi connectivity index (χ1v) is 7.24. The Labute approximate surface area is 118 Å². The molecule has 0 aromatic carbocycles. The van der Waals surface area contributed by atoms with Gasteiger partial charge in [0.15, 0.2) is 5.96 Å². The second-order valence-electron chi connectivity index (χ2n) is 7.52. The van der Waals surface area contributed by atoms with Crippen molar-refractivity contribution in [3.05, 3.63) is 0 Å². The zero-order chi connectivity index (χ0) is 14.9. The van der Waals surface area contributed by atoms with Crippen LogP contribution in [0.15, 0.2) is 4.99 Å². The van der Waals surface area contributed by atoms with Gasteiger partial charge >= 0.3 is 0 Å². The predicted octanol–water partition coefficient (Wildman–Crippen LogP) is 2.09. The second-order valence-corrected chi connectivity index (χ2v) is 7.52. The van der Waals surface area contributed by atoms with Gasteiger partial charge in [-0.2, -0.15) is 0 Å². The monoisotopic (exact) mass is 269 g/mol. The van der Waals surface area contributed by atoms with Crippen molar-refractivity contribution < 1.29 is 5.11 Å². The smallest absolute Gasteiger partial charge is 0.194 e. The number of aliphatic hydroxyl groups excluding tert-OH is 1. The van der Waals surface area contributed by atoms with E-state index in [2.05, 4.69) is 44.8 Å². The number of hydrogen-bond donors (Lipinski definition) is 2. The minimum Gasteiger partial charge on any atom is -0.396 e. The molecule has 112 valence electrons. The highest BCUT2D eigenvalue weighted by Gasteiger charge is 2.53. The fourth-order valence-electron chi connectivity index (χ4n) is 2.13. The highest BCUT2D eigenvalue weighted by atomic mass is 16.3. The van der Waals surface area contributed by atoms with Crippen molar-refractivity contribution in [1.29, 1.82) is 0 Å². The molecule has 1 saturated heterocycles. The van der Waals surface area contributed by atoms with Gasteiger partial charge < -0.3 is 15.3 Å². The molecule has 1 fully saturated rings. The third-order valence-corrected chi connectivity index (χ3v) is 4.56. The van der Waals surface area contributed by atoms with Gasteiger partial charge in [-0.3, -0.25) is 4.99 Å². The Morgan fingerprint density at radius 2 is 1.89 bits per heavy atom. The van der Waals surface area contributed by atoms with Gasteiger partial charge in [0.1, 0.15) is 0 Å². The van der Waals surface area contributed by atoms with E-state index in [0.717, 1.165) is 19.0 Å². The molecule has 0 aromatic heterocycles. The van der Waals surface area contributed by atoms with E-state index in [-0.39, 0.29) is 17.6 Å². The van der Waals surface area contributed by atoms with Crippen LogP contribution in [0, 0.1) is 10.8 Å². The van der Waals surface area contributed by atoms with Gasteiger partial charge in [-0.05, 0) is 20.8 Å². The maximum atomic E-state index is 9.33. The van der Waals surface area contributed by atoms with Gasteiger partial charge in [-0.1, -0.05) is 27.7 Å². The first kappa shape index (κ1) is 16.3. The van der Waals surface area contributed by atoms with Crippen LogP contribution >= 0.6 is 0 Å². The number of aliphatic imine (C=N–C) groups is 1. The SMILES string of the molecule is CCNC(=NCC(C)(C)CO)N1CC(C)(C)C1(C)C. The fraction of sp³-hybridized carbons (Fsp3) is 0.933. The summed E-state index contributed by atoms with van der Waals surface area (Å²) >= 11 is 0. The molecule has 0 bridgehead atoms. The summed E-state index contributed by atoms with van der Waals surface area (Å²) < 4.78 is 0. The molecule has 0 radical (unpaired) electrons. The van der Waals surface area contributed by atoms with Crippen LogP contribution in [0.5, 0.6) is 0 Å². The lowest BCUT2D eigenvalue weighted by molar-refractivity contribution is -0.0669. The average molecular weight is 269 g/mol. The van der Waals surface area contributed by atoms with Crippen molar-refractivity contribution in [3.8, 4) is 0 Å². The van der Waals surface area contributed by atoms with E-state index < -0.39 is 0 Å². The van der Waals surface area contributed by atoms with Crippen LogP contribution in [0.25, 0.3) is 0 Å². The molecular formula is C15H31N3O. The van der Waals surface area contributed by atoms with E-state index >= 15 is 0 Å². The fourth-order valence-corrected chi connectivity index (χ4v) is 2.13.